The lowest BCUT2D eigenvalue weighted by Gasteiger charge is -2.20. The van der Waals surface area contributed by atoms with Gasteiger partial charge in [0.1, 0.15) is 5.75 Å². The first-order valence-electron chi connectivity index (χ1n) is 9.84. The first kappa shape index (κ1) is 18.2. The molecule has 5 rings (SSSR count). The molecule has 0 saturated heterocycles. The molecule has 1 amide bonds. The highest BCUT2D eigenvalue weighted by molar-refractivity contribution is 7.90. The predicted molar refractivity (Wildman–Crippen MR) is 109 cm³/mol. The van der Waals surface area contributed by atoms with E-state index >= 15 is 0 Å². The van der Waals surface area contributed by atoms with Crippen molar-refractivity contribution in [3.05, 3.63) is 48.2 Å². The van der Waals surface area contributed by atoms with Crippen molar-refractivity contribution in [1.82, 2.24) is 9.19 Å². The van der Waals surface area contributed by atoms with E-state index in [-0.39, 0.29) is 23.3 Å². The number of hydrogen-bond acceptors (Lipinski definition) is 5. The minimum atomic E-state index is -3.92. The van der Waals surface area contributed by atoms with E-state index in [0.29, 0.717) is 17.0 Å². The maximum Gasteiger partial charge on any atom is 0.283 e. The summed E-state index contributed by atoms with van der Waals surface area (Å²) in [5.74, 6) is 0.366. The van der Waals surface area contributed by atoms with Crippen LogP contribution in [0.15, 0.2) is 47.4 Å². The molecule has 0 spiro atoms. The molecule has 1 saturated carbocycles. The number of aromatic nitrogens is 2. The van der Waals surface area contributed by atoms with Gasteiger partial charge in [-0.3, -0.25) is 4.79 Å². The van der Waals surface area contributed by atoms with Crippen molar-refractivity contribution in [1.29, 1.82) is 0 Å². The van der Waals surface area contributed by atoms with Gasteiger partial charge in [-0.05, 0) is 31.0 Å². The summed E-state index contributed by atoms with van der Waals surface area (Å²) in [5.41, 5.74) is 1.92. The zero-order chi connectivity index (χ0) is 20.0. The monoisotopic (exact) mass is 411 g/mol. The number of carbonyl (C=O) groups is 1. The van der Waals surface area contributed by atoms with Crippen molar-refractivity contribution in [2.75, 3.05) is 11.9 Å². The SMILES string of the molecule is O=C1COc2cc(S(=O)(=O)n3nc(C4CCCCC4)c4ccccc43)ccc2N1. The van der Waals surface area contributed by atoms with Crippen LogP contribution in [-0.4, -0.2) is 30.1 Å². The number of fused-ring (bicyclic) bond motifs is 2. The van der Waals surface area contributed by atoms with Crippen molar-refractivity contribution >= 4 is 32.5 Å². The summed E-state index contributed by atoms with van der Waals surface area (Å²) in [7, 11) is -3.92. The Kier molecular flexibility index (Phi) is 4.31. The second-order valence-electron chi connectivity index (χ2n) is 7.58. The molecule has 7 nitrogen and oxygen atoms in total. The molecule has 2 aliphatic rings. The van der Waals surface area contributed by atoms with Crippen molar-refractivity contribution in [3.63, 3.8) is 0 Å². The third kappa shape index (κ3) is 3.07. The standard InChI is InChI=1S/C21H21N3O4S/c25-20-13-28-19-12-15(10-11-17(19)22-20)29(26,27)24-18-9-5-4-8-16(18)21(23-24)14-6-2-1-3-7-14/h4-5,8-12,14H,1-3,6-7,13H2,(H,22,25). The van der Waals surface area contributed by atoms with Gasteiger partial charge in [-0.1, -0.05) is 37.5 Å². The number of benzene rings is 2. The second-order valence-corrected chi connectivity index (χ2v) is 9.35. The van der Waals surface area contributed by atoms with E-state index in [9.17, 15) is 13.2 Å². The average Bonchev–Trinajstić information content (AvgIpc) is 3.14. The average molecular weight is 411 g/mol. The van der Waals surface area contributed by atoms with Crippen LogP contribution in [0.25, 0.3) is 10.9 Å². The van der Waals surface area contributed by atoms with Crippen LogP contribution in [-0.2, 0) is 14.8 Å². The number of nitrogens with zero attached hydrogens (tertiary/aromatic N) is 2. The summed E-state index contributed by atoms with van der Waals surface area (Å²) >= 11 is 0. The van der Waals surface area contributed by atoms with Crippen LogP contribution in [0.1, 0.15) is 43.7 Å². The number of ether oxygens (including phenoxy) is 1. The van der Waals surface area contributed by atoms with E-state index in [1.165, 1.54) is 18.6 Å². The number of carbonyl (C=O) groups excluding carboxylic acids is 1. The number of nitrogens with one attached hydrogen (secondary N) is 1. The van der Waals surface area contributed by atoms with Crippen molar-refractivity contribution in [3.8, 4) is 5.75 Å². The van der Waals surface area contributed by atoms with E-state index < -0.39 is 10.0 Å². The van der Waals surface area contributed by atoms with Gasteiger partial charge in [0.2, 0.25) is 0 Å². The minimum Gasteiger partial charge on any atom is -0.482 e. The number of rotatable bonds is 3. The fourth-order valence-electron chi connectivity index (χ4n) is 4.24. The summed E-state index contributed by atoms with van der Waals surface area (Å²) in [4.78, 5) is 11.5. The van der Waals surface area contributed by atoms with Gasteiger partial charge in [-0.2, -0.15) is 17.6 Å². The molecule has 29 heavy (non-hydrogen) atoms. The predicted octanol–water partition coefficient (Wildman–Crippen LogP) is 3.65. The van der Waals surface area contributed by atoms with Crippen LogP contribution in [0.5, 0.6) is 5.75 Å². The van der Waals surface area contributed by atoms with Gasteiger partial charge in [-0.25, -0.2) is 0 Å². The van der Waals surface area contributed by atoms with Gasteiger partial charge < -0.3 is 10.1 Å². The number of amides is 1. The van der Waals surface area contributed by atoms with Gasteiger partial charge in [-0.15, -0.1) is 0 Å². The summed E-state index contributed by atoms with van der Waals surface area (Å²) in [5, 5.41) is 8.17. The smallest absolute Gasteiger partial charge is 0.283 e. The molecule has 1 fully saturated rings. The molecule has 0 unspecified atom stereocenters. The molecule has 0 radical (unpaired) electrons. The van der Waals surface area contributed by atoms with Crippen LogP contribution < -0.4 is 10.1 Å². The molecule has 1 aromatic heterocycles. The first-order chi connectivity index (χ1) is 14.0. The molecule has 0 atom stereocenters. The summed E-state index contributed by atoms with van der Waals surface area (Å²) in [6.45, 7) is -0.132. The summed E-state index contributed by atoms with van der Waals surface area (Å²) in [6, 6.07) is 12.0. The number of para-hydroxylation sites is 1. The van der Waals surface area contributed by atoms with E-state index in [1.807, 2.05) is 18.2 Å². The van der Waals surface area contributed by atoms with Crippen LogP contribution >= 0.6 is 0 Å². The molecule has 0 bridgehead atoms. The Labute approximate surface area is 168 Å². The fraction of sp³-hybridized carbons (Fsp3) is 0.333. The lowest BCUT2D eigenvalue weighted by Crippen LogP contribution is -2.25. The Hall–Kier alpha value is -2.87. The van der Waals surface area contributed by atoms with E-state index in [0.717, 1.165) is 40.9 Å². The van der Waals surface area contributed by atoms with Gasteiger partial charge in [0.05, 0.1) is 21.8 Å². The van der Waals surface area contributed by atoms with Crippen LogP contribution in [0.2, 0.25) is 0 Å². The maximum atomic E-state index is 13.5. The van der Waals surface area contributed by atoms with Gasteiger partial charge >= 0.3 is 0 Å². The Morgan fingerprint density at radius 2 is 1.86 bits per heavy atom. The third-order valence-corrected chi connectivity index (χ3v) is 7.27. The number of anilines is 1. The Balaban J connectivity index is 1.62. The van der Waals surface area contributed by atoms with Crippen molar-refractivity contribution in [2.24, 2.45) is 0 Å². The Bertz CT molecular complexity index is 1210. The van der Waals surface area contributed by atoms with Gasteiger partial charge in [0.25, 0.3) is 15.9 Å². The molecule has 1 N–H and O–H groups in total. The first-order valence-corrected chi connectivity index (χ1v) is 11.3. The molecular formula is C21H21N3O4S. The molecule has 2 heterocycles. The lowest BCUT2D eigenvalue weighted by atomic mass is 9.86. The van der Waals surface area contributed by atoms with Gasteiger partial charge in [0, 0.05) is 17.4 Å². The molecule has 8 heteroatoms. The number of hydrogen-bond donors (Lipinski definition) is 1. The molecule has 3 aromatic rings. The largest absolute Gasteiger partial charge is 0.482 e. The highest BCUT2D eigenvalue weighted by atomic mass is 32.2. The van der Waals surface area contributed by atoms with Crippen molar-refractivity contribution < 1.29 is 17.9 Å². The highest BCUT2D eigenvalue weighted by Gasteiger charge is 2.28. The summed E-state index contributed by atoms with van der Waals surface area (Å²) in [6.07, 6.45) is 5.58. The highest BCUT2D eigenvalue weighted by Crippen LogP contribution is 2.37. The fourth-order valence-corrected chi connectivity index (χ4v) is 5.55. The topological polar surface area (TPSA) is 90.3 Å². The molecular weight excluding hydrogens is 390 g/mol. The van der Waals surface area contributed by atoms with Crippen molar-refractivity contribution in [2.45, 2.75) is 42.9 Å². The Morgan fingerprint density at radius 3 is 2.69 bits per heavy atom. The van der Waals surface area contributed by atoms with Gasteiger partial charge in [0.15, 0.2) is 6.61 Å². The van der Waals surface area contributed by atoms with Crippen LogP contribution in [0, 0.1) is 0 Å². The zero-order valence-electron chi connectivity index (χ0n) is 15.8. The molecule has 150 valence electrons. The van der Waals surface area contributed by atoms with Crippen LogP contribution in [0.4, 0.5) is 5.69 Å². The Morgan fingerprint density at radius 1 is 1.07 bits per heavy atom. The maximum absolute atomic E-state index is 13.5. The molecule has 2 aromatic carbocycles. The minimum absolute atomic E-state index is 0.0795. The quantitative estimate of drug-likeness (QED) is 0.710. The van der Waals surface area contributed by atoms with E-state index in [1.54, 1.807) is 12.1 Å². The zero-order valence-corrected chi connectivity index (χ0v) is 16.6. The van der Waals surface area contributed by atoms with E-state index in [2.05, 4.69) is 10.4 Å². The molecule has 1 aliphatic heterocycles. The third-order valence-electron chi connectivity index (χ3n) is 5.69. The summed E-state index contributed by atoms with van der Waals surface area (Å²) < 4.78 is 33.4. The molecule has 1 aliphatic carbocycles. The second kappa shape index (κ2) is 6.88. The van der Waals surface area contributed by atoms with Crippen LogP contribution in [0.3, 0.4) is 0 Å². The normalized spacial score (nSPS) is 17.6. The van der Waals surface area contributed by atoms with E-state index in [4.69, 9.17) is 4.74 Å². The lowest BCUT2D eigenvalue weighted by molar-refractivity contribution is -0.118.